The molecule has 0 aromatic heterocycles. The van der Waals surface area contributed by atoms with E-state index in [4.69, 9.17) is 17.7 Å². The van der Waals surface area contributed by atoms with Gasteiger partial charge in [-0.05, 0) is 6.92 Å². The van der Waals surface area contributed by atoms with Crippen molar-refractivity contribution in [3.8, 4) is 0 Å². The molecule has 0 bridgehead atoms. The molecule has 0 N–H and O–H groups in total. The van der Waals surface area contributed by atoms with Crippen LogP contribution in [0.1, 0.15) is 6.92 Å². The van der Waals surface area contributed by atoms with Crippen LogP contribution in [0.3, 0.4) is 0 Å². The van der Waals surface area contributed by atoms with Crippen molar-refractivity contribution in [3.63, 3.8) is 0 Å². The van der Waals surface area contributed by atoms with Crippen LogP contribution in [-0.2, 0) is 17.7 Å². The minimum Gasteiger partial charge on any atom is -0.355 e. The van der Waals surface area contributed by atoms with E-state index < -0.39 is 9.05 Å². The summed E-state index contributed by atoms with van der Waals surface area (Å²) in [6, 6.07) is 0. The van der Waals surface area contributed by atoms with Crippen molar-refractivity contribution in [3.05, 3.63) is 0 Å². The number of alkyl halides is 1. The van der Waals surface area contributed by atoms with E-state index in [1.165, 1.54) is 21.3 Å². The molecule has 1 atom stereocenters. The highest BCUT2D eigenvalue weighted by atomic mass is 79.9. The standard InChI is InChI=1S/C5H13BrO4Si/c1-5(6)10-11(7-2,8-3)9-4/h5H,1-4H3. The molecule has 0 aliphatic heterocycles. The van der Waals surface area contributed by atoms with Crippen LogP contribution in [0.4, 0.5) is 0 Å². The molecular formula is C5H13BrO4Si. The molecule has 0 amide bonds. The van der Waals surface area contributed by atoms with E-state index in [1.807, 2.05) is 6.92 Å². The first-order valence-electron chi connectivity index (χ1n) is 3.07. The predicted molar refractivity (Wildman–Crippen MR) is 46.3 cm³/mol. The summed E-state index contributed by atoms with van der Waals surface area (Å²) in [4.78, 5) is 0. The van der Waals surface area contributed by atoms with Gasteiger partial charge in [-0.1, -0.05) is 15.9 Å². The van der Waals surface area contributed by atoms with Gasteiger partial charge in [-0.25, -0.2) is 0 Å². The monoisotopic (exact) mass is 244 g/mol. The zero-order chi connectivity index (χ0) is 8.91. The Kier molecular flexibility index (Phi) is 5.49. The molecule has 0 spiro atoms. The van der Waals surface area contributed by atoms with Crippen LogP contribution in [0.2, 0.25) is 0 Å². The Bertz CT molecular complexity index is 98.4. The lowest BCUT2D eigenvalue weighted by Crippen LogP contribution is -2.47. The molecular weight excluding hydrogens is 232 g/mol. The van der Waals surface area contributed by atoms with Gasteiger partial charge in [-0.2, -0.15) is 0 Å². The van der Waals surface area contributed by atoms with Crippen molar-refractivity contribution in [2.45, 2.75) is 11.9 Å². The van der Waals surface area contributed by atoms with Crippen LogP contribution in [0.15, 0.2) is 0 Å². The molecule has 0 saturated heterocycles. The third-order valence-corrected chi connectivity index (χ3v) is 3.73. The lowest BCUT2D eigenvalue weighted by atomic mass is 10.9. The average Bonchev–Trinajstić information content (AvgIpc) is 2.00. The van der Waals surface area contributed by atoms with E-state index >= 15 is 0 Å². The minimum atomic E-state index is -2.83. The molecule has 4 nitrogen and oxygen atoms in total. The summed E-state index contributed by atoms with van der Waals surface area (Å²) >= 11 is 3.21. The molecule has 68 valence electrons. The SMILES string of the molecule is CO[Si](OC)(OC)OC(C)Br. The third-order valence-electron chi connectivity index (χ3n) is 1.06. The van der Waals surface area contributed by atoms with Crippen molar-refractivity contribution in [2.75, 3.05) is 21.3 Å². The van der Waals surface area contributed by atoms with E-state index in [0.717, 1.165) is 0 Å². The first kappa shape index (κ1) is 11.5. The van der Waals surface area contributed by atoms with Crippen molar-refractivity contribution < 1.29 is 17.7 Å². The van der Waals surface area contributed by atoms with Gasteiger partial charge in [0.2, 0.25) is 0 Å². The Balaban J connectivity index is 4.05. The molecule has 0 radical (unpaired) electrons. The highest BCUT2D eigenvalue weighted by Gasteiger charge is 2.43. The van der Waals surface area contributed by atoms with Crippen LogP contribution >= 0.6 is 15.9 Å². The van der Waals surface area contributed by atoms with Crippen LogP contribution < -0.4 is 0 Å². The third kappa shape index (κ3) is 3.63. The first-order valence-corrected chi connectivity index (χ1v) is 5.62. The summed E-state index contributed by atoms with van der Waals surface area (Å²) in [6.45, 7) is 1.82. The maximum absolute atomic E-state index is 5.27. The molecule has 0 rings (SSSR count). The normalized spacial score (nSPS) is 15.0. The fourth-order valence-corrected chi connectivity index (χ4v) is 2.47. The summed E-state index contributed by atoms with van der Waals surface area (Å²) < 4.78 is 20.2. The Hall–Kier alpha value is 0.537. The van der Waals surface area contributed by atoms with E-state index in [-0.39, 0.29) is 5.01 Å². The fraction of sp³-hybridized carbons (Fsp3) is 1.00. The highest BCUT2D eigenvalue weighted by Crippen LogP contribution is 2.13. The average molecular weight is 245 g/mol. The van der Waals surface area contributed by atoms with Crippen LogP contribution in [0.5, 0.6) is 0 Å². The van der Waals surface area contributed by atoms with Crippen LogP contribution in [0, 0.1) is 0 Å². The van der Waals surface area contributed by atoms with E-state index in [0.29, 0.717) is 0 Å². The smallest absolute Gasteiger partial charge is 0.355 e. The first-order chi connectivity index (χ1) is 5.10. The lowest BCUT2D eigenvalue weighted by Gasteiger charge is -2.24. The summed E-state index contributed by atoms with van der Waals surface area (Å²) in [6.07, 6.45) is 0. The van der Waals surface area contributed by atoms with Gasteiger partial charge in [0.05, 0.1) is 0 Å². The van der Waals surface area contributed by atoms with E-state index in [2.05, 4.69) is 15.9 Å². The van der Waals surface area contributed by atoms with Crippen molar-refractivity contribution in [2.24, 2.45) is 0 Å². The maximum Gasteiger partial charge on any atom is 0.679 e. The number of hydrogen-bond acceptors (Lipinski definition) is 4. The van der Waals surface area contributed by atoms with Gasteiger partial charge < -0.3 is 17.7 Å². The minimum absolute atomic E-state index is 0.144. The van der Waals surface area contributed by atoms with Crippen LogP contribution in [-0.4, -0.2) is 35.4 Å². The summed E-state index contributed by atoms with van der Waals surface area (Å²) in [5.41, 5.74) is 0. The molecule has 0 fully saturated rings. The largest absolute Gasteiger partial charge is 0.679 e. The Morgan fingerprint density at radius 3 is 1.55 bits per heavy atom. The van der Waals surface area contributed by atoms with Gasteiger partial charge in [0, 0.05) is 21.3 Å². The Labute approximate surface area is 76.4 Å². The number of rotatable bonds is 5. The zero-order valence-corrected chi connectivity index (χ0v) is 9.67. The second kappa shape index (κ2) is 5.23. The summed E-state index contributed by atoms with van der Waals surface area (Å²) in [7, 11) is 1.66. The fourth-order valence-electron chi connectivity index (χ4n) is 0.593. The Morgan fingerprint density at radius 2 is 1.45 bits per heavy atom. The van der Waals surface area contributed by atoms with Crippen LogP contribution in [0.25, 0.3) is 0 Å². The predicted octanol–water partition coefficient (Wildman–Crippen LogP) is 1.12. The highest BCUT2D eigenvalue weighted by molar-refractivity contribution is 9.09. The summed E-state index contributed by atoms with van der Waals surface area (Å²) in [5, 5.41) is -0.144. The molecule has 6 heteroatoms. The zero-order valence-electron chi connectivity index (χ0n) is 7.09. The Morgan fingerprint density at radius 1 is 1.09 bits per heavy atom. The van der Waals surface area contributed by atoms with Crippen molar-refractivity contribution >= 4 is 25.0 Å². The van der Waals surface area contributed by atoms with Gasteiger partial charge in [0.15, 0.2) is 0 Å². The molecule has 0 aromatic rings. The topological polar surface area (TPSA) is 36.9 Å². The number of halogens is 1. The molecule has 0 aliphatic rings. The molecule has 0 heterocycles. The maximum atomic E-state index is 5.27. The van der Waals surface area contributed by atoms with E-state index in [9.17, 15) is 0 Å². The quantitative estimate of drug-likeness (QED) is 0.537. The van der Waals surface area contributed by atoms with Crippen molar-refractivity contribution in [1.82, 2.24) is 0 Å². The molecule has 0 aliphatic carbocycles. The molecule has 11 heavy (non-hydrogen) atoms. The molecule has 1 unspecified atom stereocenters. The molecule has 0 aromatic carbocycles. The van der Waals surface area contributed by atoms with Gasteiger partial charge in [0.1, 0.15) is 5.01 Å². The van der Waals surface area contributed by atoms with Gasteiger partial charge in [0.25, 0.3) is 0 Å². The molecule has 0 saturated carbocycles. The lowest BCUT2D eigenvalue weighted by molar-refractivity contribution is 0.00352. The number of hydrogen-bond donors (Lipinski definition) is 0. The van der Waals surface area contributed by atoms with Gasteiger partial charge in [-0.15, -0.1) is 0 Å². The summed E-state index contributed by atoms with van der Waals surface area (Å²) in [5.74, 6) is 0. The van der Waals surface area contributed by atoms with Gasteiger partial charge >= 0.3 is 9.05 Å². The van der Waals surface area contributed by atoms with Crippen molar-refractivity contribution in [1.29, 1.82) is 0 Å². The second-order valence-electron chi connectivity index (χ2n) is 1.77. The van der Waals surface area contributed by atoms with E-state index in [1.54, 1.807) is 0 Å². The second-order valence-corrected chi connectivity index (χ2v) is 5.52. The van der Waals surface area contributed by atoms with Gasteiger partial charge in [-0.3, -0.25) is 0 Å².